The first-order valence-corrected chi connectivity index (χ1v) is 29.7. The fourth-order valence-corrected chi connectivity index (χ4v) is 12.4. The van der Waals surface area contributed by atoms with Gasteiger partial charge in [-0.15, -0.1) is 0 Å². The van der Waals surface area contributed by atoms with Crippen molar-refractivity contribution in [2.24, 2.45) is 0 Å². The summed E-state index contributed by atoms with van der Waals surface area (Å²) in [7, 11) is 0. The zero-order valence-corrected chi connectivity index (χ0v) is 48.5. The molecule has 21 rings (SSSR count). The second-order valence-electron chi connectivity index (χ2n) is 23.4. The molecule has 16 bridgehead atoms. The molecule has 21 heterocycles. The van der Waals surface area contributed by atoms with Gasteiger partial charge >= 0.3 is 0 Å². The Hall–Kier alpha value is -1.64. The largest absolute Gasteiger partial charge is 0.396 e. The molecule has 0 radical (unpaired) electrons. The average molecular weight is 1360 g/mol. The Morgan fingerprint density at radius 3 is 0.533 bits per heavy atom. The summed E-state index contributed by atoms with van der Waals surface area (Å²) in [5.41, 5.74) is 0. The summed E-state index contributed by atoms with van der Waals surface area (Å²) in [5.74, 6) is 0. The van der Waals surface area contributed by atoms with Crippen molar-refractivity contribution in [1.29, 1.82) is 0 Å². The van der Waals surface area contributed by atoms with Crippen LogP contribution in [-0.4, -0.2) is 434 Å². The molecule has 21 saturated heterocycles. The van der Waals surface area contributed by atoms with E-state index in [1.807, 2.05) is 0 Å². The molecular weight excluding hydrogens is 1270 g/mol. The maximum absolute atomic E-state index is 11.9. The van der Waals surface area contributed by atoms with Crippen LogP contribution in [0.1, 0.15) is 6.42 Å². The fourth-order valence-electron chi connectivity index (χ4n) is 12.4. The van der Waals surface area contributed by atoms with E-state index in [1.54, 1.807) is 0 Å². The maximum Gasteiger partial charge on any atom is 0.187 e. The summed E-state index contributed by atoms with van der Waals surface area (Å²) < 4.78 is 98.2. The van der Waals surface area contributed by atoms with Crippen LogP contribution in [0.5, 0.6) is 0 Å². The molecule has 0 aromatic carbocycles. The minimum absolute atomic E-state index is 0.0875. The molecule has 0 amide bonds. The van der Waals surface area contributed by atoms with Crippen LogP contribution in [0.4, 0.5) is 0 Å². The predicted molar refractivity (Wildman–Crippen MR) is 277 cm³/mol. The Labute approximate surface area is 520 Å². The molecule has 0 saturated carbocycles. The Balaban J connectivity index is 0.994. The molecule has 0 aromatic rings. The van der Waals surface area contributed by atoms with E-state index in [0.29, 0.717) is 0 Å². The van der Waals surface area contributed by atoms with Crippen molar-refractivity contribution >= 4 is 0 Å². The van der Waals surface area contributed by atoms with Crippen molar-refractivity contribution in [3.05, 3.63) is 0 Å². The van der Waals surface area contributed by atoms with Gasteiger partial charge in [0.05, 0.1) is 52.9 Å². The zero-order valence-electron chi connectivity index (χ0n) is 48.5. The third-order valence-electron chi connectivity index (χ3n) is 17.5. The lowest BCUT2D eigenvalue weighted by Gasteiger charge is -2.51. The summed E-state index contributed by atoms with van der Waals surface area (Å²) in [6, 6.07) is 0. The Kier molecular flexibility index (Phi) is 26.4. The van der Waals surface area contributed by atoms with Gasteiger partial charge in [0.25, 0.3) is 0 Å². The Morgan fingerprint density at radius 1 is 0.196 bits per heavy atom. The molecule has 21 aliphatic rings. The first kappa shape index (κ1) is 74.6. The van der Waals surface area contributed by atoms with Crippen molar-refractivity contribution in [3.63, 3.8) is 0 Å². The lowest BCUT2D eigenvalue weighted by Crippen LogP contribution is -2.69. The minimum Gasteiger partial charge on any atom is -0.396 e. The van der Waals surface area contributed by atoms with Crippen molar-refractivity contribution in [2.45, 2.75) is 252 Å². The highest BCUT2D eigenvalue weighted by Gasteiger charge is 2.60. The van der Waals surface area contributed by atoms with E-state index in [0.717, 1.165) is 0 Å². The SMILES string of the molecule is OCCCO[C@H]1[C@H]2O[C@H]3[C@H](O)[C@@H](O)[C@@H](O[C@H]4[C@H](O)[C@@H](O)[C@@H](O[C@H]5[C@H](O)[C@@H](O)[C@@H](O[C@H]6[C@H](O)[C@@H](O)[C@@H](O[C@H]7[C@H](O)[C@@H](O)[C@@H](O[C@H]8[C@H](O)[C@@H](O)[C@@H](O[C@H]9[C@H](O)[C@@H](O)[C@@H](O[C@@H]([C@@H]1O)[C@@H](CO)O2)O[C@@H]9CO)O[C@@H]8CO)O[C@@H]7CO)O[C@@H]6CO)O[C@@H]5CO)O[C@@H]4CO)O[C@@H]3CO. The molecule has 41 nitrogen and oxygen atoms in total. The molecule has 40 atom stereocenters. The predicted octanol–water partition coefficient (Wildman–Crippen LogP) is -17.0. The van der Waals surface area contributed by atoms with Crippen LogP contribution < -0.4 is 0 Å². The topological polar surface area (TPSA) is 642 Å². The Bertz CT molecular complexity index is 2210. The second-order valence-corrected chi connectivity index (χ2v) is 23.4. The minimum atomic E-state index is -2.25. The van der Waals surface area contributed by atoms with E-state index in [9.17, 15) is 123 Å². The molecule has 0 spiro atoms. The first-order valence-electron chi connectivity index (χ1n) is 29.7. The van der Waals surface area contributed by atoms with Gasteiger partial charge in [0, 0.05) is 13.2 Å². The van der Waals surface area contributed by atoms with Gasteiger partial charge in [-0.2, -0.15) is 0 Å². The van der Waals surface area contributed by atoms with Crippen LogP contribution in [0, 0.1) is 0 Å². The highest BCUT2D eigenvalue weighted by Crippen LogP contribution is 2.40. The molecule has 92 heavy (non-hydrogen) atoms. The van der Waals surface area contributed by atoms with Crippen LogP contribution in [0.3, 0.4) is 0 Å². The van der Waals surface area contributed by atoms with Gasteiger partial charge < -0.3 is 203 Å². The quantitative estimate of drug-likeness (QED) is 0.0807. The van der Waals surface area contributed by atoms with Gasteiger partial charge in [0.2, 0.25) is 0 Å². The molecular formula is C51H86O41. The number of hydrogen-bond acceptors (Lipinski definition) is 41. The van der Waals surface area contributed by atoms with Crippen molar-refractivity contribution < 1.29 is 203 Å². The monoisotopic (exact) mass is 1350 g/mol. The standard InChI is InChI=1S/C51H86O41/c52-2-1-3-76-43-34(75)42-19(11-60)84-51(43)92-41-18(10-59)83-49(33(74)26(41)67)90-39-16(8-57)81-47(31(72)24(39)65)88-37-14(6-55)79-45(29(70)22(37)63)86-35-12(4-53)77-44(27(68)20(35)61)85-36-13(5-54)78-46(28(69)21(36)62)87-38-15(7-56)80-48(30(71)23(38)64)89-40-17(9-58)82-50(91-42)32(73)25(40)66/h12-75H,1-11H2/t12-,13-,14-,15-,16-,17-,18-,19-,20-,21-,22-,23-,24-,25-,26-,27-,28-,29-,30-,31-,32-,33-,34+,35-,36-,37-,38-,39-,40-,41-,42-,43-,44-,45-,46-,47-,48-,49-,50-,51-/m1/s1. The van der Waals surface area contributed by atoms with Gasteiger partial charge in [-0.1, -0.05) is 0 Å². The second kappa shape index (κ2) is 32.6. The summed E-state index contributed by atoms with van der Waals surface area (Å²) in [6.45, 7) is -9.43. The summed E-state index contributed by atoms with van der Waals surface area (Å²) in [5, 5.41) is 266. The van der Waals surface area contributed by atoms with Crippen molar-refractivity contribution in [3.8, 4) is 0 Å². The third-order valence-corrected chi connectivity index (χ3v) is 17.5. The summed E-state index contributed by atoms with van der Waals surface area (Å²) >= 11 is 0. The molecule has 21 aliphatic heterocycles. The van der Waals surface area contributed by atoms with Crippen LogP contribution in [0.2, 0.25) is 0 Å². The van der Waals surface area contributed by atoms with Gasteiger partial charge in [0.1, 0.15) is 195 Å². The molecule has 0 aliphatic carbocycles. The van der Waals surface area contributed by atoms with E-state index in [-0.39, 0.29) is 13.0 Å². The van der Waals surface area contributed by atoms with Crippen molar-refractivity contribution in [2.75, 3.05) is 66.1 Å². The third kappa shape index (κ3) is 15.1. The number of rotatable bonds is 12. The highest BCUT2D eigenvalue weighted by molar-refractivity contribution is 5.03. The molecule has 24 N–H and O–H groups in total. The molecule has 41 heteroatoms. The highest BCUT2D eigenvalue weighted by atomic mass is 16.8. The maximum atomic E-state index is 11.9. The summed E-state index contributed by atoms with van der Waals surface area (Å²) in [6.07, 6.45) is -81.2. The van der Waals surface area contributed by atoms with Crippen molar-refractivity contribution in [1.82, 2.24) is 0 Å². The van der Waals surface area contributed by atoms with Crippen LogP contribution >= 0.6 is 0 Å². The van der Waals surface area contributed by atoms with Crippen LogP contribution in [0.15, 0.2) is 0 Å². The smallest absolute Gasteiger partial charge is 0.187 e. The lowest BCUT2D eigenvalue weighted by molar-refractivity contribution is -0.404. The zero-order chi connectivity index (χ0) is 66.9. The number of aliphatic hydroxyl groups is 24. The molecule has 21 fully saturated rings. The van der Waals surface area contributed by atoms with E-state index < -0.39 is 305 Å². The summed E-state index contributed by atoms with van der Waals surface area (Å²) in [4.78, 5) is 0. The van der Waals surface area contributed by atoms with E-state index >= 15 is 0 Å². The normalized spacial score (nSPS) is 53.5. The van der Waals surface area contributed by atoms with E-state index in [2.05, 4.69) is 0 Å². The number of ether oxygens (including phenoxy) is 17. The van der Waals surface area contributed by atoms with Crippen LogP contribution in [-0.2, 0) is 80.5 Å². The van der Waals surface area contributed by atoms with Gasteiger partial charge in [-0.25, -0.2) is 0 Å². The number of hydrogen-bond donors (Lipinski definition) is 24. The van der Waals surface area contributed by atoms with E-state index in [1.165, 1.54) is 0 Å². The average Bonchev–Trinajstić information content (AvgIpc) is 0.784. The van der Waals surface area contributed by atoms with Gasteiger partial charge in [-0.3, -0.25) is 0 Å². The molecule has 536 valence electrons. The molecule has 0 unspecified atom stereocenters. The van der Waals surface area contributed by atoms with Gasteiger partial charge in [-0.05, 0) is 6.42 Å². The van der Waals surface area contributed by atoms with Gasteiger partial charge in [0.15, 0.2) is 50.3 Å². The number of aliphatic hydroxyl groups excluding tert-OH is 24. The van der Waals surface area contributed by atoms with E-state index in [4.69, 9.17) is 80.5 Å². The first-order chi connectivity index (χ1) is 43.9. The Morgan fingerprint density at radius 2 is 0.359 bits per heavy atom. The lowest BCUT2D eigenvalue weighted by atomic mass is 9.94. The fraction of sp³-hybridized carbons (Fsp3) is 1.00. The van der Waals surface area contributed by atoms with Crippen LogP contribution in [0.25, 0.3) is 0 Å². The molecule has 0 aromatic heterocycles.